The SMILES string of the molecule is Cc1ccc(-n2cc3c(N4CCN(C)CC4)ncnc3n2)cc1.O=CNCc1ccc2sccc2c1.[HH]. The second-order valence-corrected chi connectivity index (χ2v) is 9.87. The number of aryl methyl sites for hydroxylation is 1. The lowest BCUT2D eigenvalue weighted by Crippen LogP contribution is -2.44. The van der Waals surface area contributed by atoms with Gasteiger partial charge in [0.05, 0.1) is 11.1 Å². The third-order valence-electron chi connectivity index (χ3n) is 6.30. The van der Waals surface area contributed by atoms with Crippen molar-refractivity contribution in [1.29, 1.82) is 0 Å². The van der Waals surface area contributed by atoms with Crippen molar-refractivity contribution in [3.8, 4) is 5.69 Å². The van der Waals surface area contributed by atoms with Crippen molar-refractivity contribution < 1.29 is 6.22 Å². The van der Waals surface area contributed by atoms with Crippen LogP contribution in [-0.4, -0.2) is 64.3 Å². The van der Waals surface area contributed by atoms with Crippen molar-refractivity contribution in [2.45, 2.75) is 13.5 Å². The number of rotatable bonds is 5. The molecule has 1 amide bonds. The number of carbonyl (C=O) groups is 1. The summed E-state index contributed by atoms with van der Waals surface area (Å²) >= 11 is 1.73. The van der Waals surface area contributed by atoms with Crippen LogP contribution in [-0.2, 0) is 11.3 Å². The Labute approximate surface area is 215 Å². The van der Waals surface area contributed by atoms with Gasteiger partial charge in [0.25, 0.3) is 0 Å². The lowest BCUT2D eigenvalue weighted by Gasteiger charge is -2.33. The molecule has 0 spiro atoms. The number of piperazine rings is 1. The Morgan fingerprint density at radius 1 is 1.06 bits per heavy atom. The predicted molar refractivity (Wildman–Crippen MR) is 148 cm³/mol. The molecule has 1 N–H and O–H groups in total. The summed E-state index contributed by atoms with van der Waals surface area (Å²) in [5.41, 5.74) is 4.16. The van der Waals surface area contributed by atoms with Crippen molar-refractivity contribution in [3.05, 3.63) is 77.6 Å². The van der Waals surface area contributed by atoms with Crippen LogP contribution in [0.25, 0.3) is 26.8 Å². The zero-order valence-electron chi connectivity index (χ0n) is 20.5. The highest BCUT2D eigenvalue weighted by atomic mass is 32.1. The molecule has 1 aliphatic rings. The normalized spacial score (nSPS) is 14.0. The van der Waals surface area contributed by atoms with Crippen LogP contribution < -0.4 is 10.2 Å². The second kappa shape index (κ2) is 10.8. The summed E-state index contributed by atoms with van der Waals surface area (Å²) in [7, 11) is 2.16. The number of nitrogens with one attached hydrogen (secondary N) is 1. The minimum absolute atomic E-state index is 0. The quantitative estimate of drug-likeness (QED) is 0.363. The maximum Gasteiger partial charge on any atom is 0.207 e. The van der Waals surface area contributed by atoms with Crippen LogP contribution in [0.15, 0.2) is 66.4 Å². The summed E-state index contributed by atoms with van der Waals surface area (Å²) in [5.74, 6) is 0.987. The third-order valence-corrected chi connectivity index (χ3v) is 7.20. The van der Waals surface area contributed by atoms with Gasteiger partial charge in [-0.15, -0.1) is 16.4 Å². The number of hydrogen-bond acceptors (Lipinski definition) is 7. The van der Waals surface area contributed by atoms with Gasteiger partial charge in [-0.2, -0.15) is 0 Å². The van der Waals surface area contributed by atoms with Crippen molar-refractivity contribution in [1.82, 2.24) is 30.0 Å². The van der Waals surface area contributed by atoms with Crippen LogP contribution in [0.3, 0.4) is 0 Å². The van der Waals surface area contributed by atoms with Gasteiger partial charge in [-0.25, -0.2) is 14.6 Å². The highest BCUT2D eigenvalue weighted by molar-refractivity contribution is 7.17. The molecule has 0 saturated carbocycles. The van der Waals surface area contributed by atoms with E-state index >= 15 is 0 Å². The van der Waals surface area contributed by atoms with Crippen molar-refractivity contribution in [3.63, 3.8) is 0 Å². The van der Waals surface area contributed by atoms with Crippen LogP contribution in [0.5, 0.6) is 0 Å². The Hall–Kier alpha value is -3.82. The number of benzene rings is 2. The van der Waals surface area contributed by atoms with Gasteiger partial charge < -0.3 is 15.1 Å². The summed E-state index contributed by atoms with van der Waals surface area (Å²) in [6, 6.07) is 16.6. The molecule has 0 unspecified atom stereocenters. The summed E-state index contributed by atoms with van der Waals surface area (Å²) < 4.78 is 3.17. The number of fused-ring (bicyclic) bond motifs is 2. The van der Waals surface area contributed by atoms with Gasteiger partial charge in [-0.1, -0.05) is 23.8 Å². The van der Waals surface area contributed by atoms with E-state index in [1.54, 1.807) is 17.7 Å². The smallest absolute Gasteiger partial charge is 0.207 e. The van der Waals surface area contributed by atoms with E-state index in [1.807, 2.05) is 16.9 Å². The van der Waals surface area contributed by atoms with E-state index in [4.69, 9.17) is 0 Å². The highest BCUT2D eigenvalue weighted by Crippen LogP contribution is 2.24. The highest BCUT2D eigenvalue weighted by Gasteiger charge is 2.19. The number of carbonyl (C=O) groups excluding carboxylic acids is 1. The molecule has 9 heteroatoms. The second-order valence-electron chi connectivity index (χ2n) is 8.93. The Bertz CT molecular complexity index is 1460. The first-order chi connectivity index (χ1) is 17.6. The monoisotopic (exact) mass is 501 g/mol. The van der Waals surface area contributed by atoms with E-state index in [2.05, 4.69) is 92.0 Å². The molecule has 0 bridgehead atoms. The number of nitrogens with zero attached hydrogens (tertiary/aromatic N) is 6. The molecule has 0 atom stereocenters. The first-order valence-electron chi connectivity index (χ1n) is 11.9. The molecule has 2 aromatic carbocycles. The Kier molecular flexibility index (Phi) is 7.20. The minimum atomic E-state index is 0. The van der Waals surface area contributed by atoms with Crippen LogP contribution >= 0.6 is 11.3 Å². The average Bonchev–Trinajstić information content (AvgIpc) is 3.55. The molecular formula is C27H31N7OS. The molecule has 6 rings (SSSR count). The molecule has 1 saturated heterocycles. The fourth-order valence-electron chi connectivity index (χ4n) is 4.21. The number of thiophene rings is 1. The van der Waals surface area contributed by atoms with Gasteiger partial charge in [0, 0.05) is 45.0 Å². The first kappa shape index (κ1) is 23.9. The molecule has 36 heavy (non-hydrogen) atoms. The largest absolute Gasteiger partial charge is 0.355 e. The van der Waals surface area contributed by atoms with Crippen molar-refractivity contribution in [2.75, 3.05) is 38.1 Å². The van der Waals surface area contributed by atoms with E-state index in [1.165, 1.54) is 15.6 Å². The zero-order chi connectivity index (χ0) is 24.9. The standard InChI is InChI=1S/C17H20N6.C10H9NOS.H2/c1-13-3-5-14(6-4-13)23-11-15-16(20-23)18-12-19-17(15)22-9-7-21(2)8-10-22;12-7-11-6-8-1-2-10-9(5-8)3-4-13-10;/h3-6,11-12H,7-10H2,1-2H3;1-5,7H,6H2,(H,11,12);1H. The van der Waals surface area contributed by atoms with Gasteiger partial charge in [0.2, 0.25) is 6.41 Å². The lowest BCUT2D eigenvalue weighted by atomic mass is 10.2. The van der Waals surface area contributed by atoms with Crippen LogP contribution in [0, 0.1) is 6.92 Å². The van der Waals surface area contributed by atoms with E-state index in [9.17, 15) is 4.79 Å². The molecular weight excluding hydrogens is 470 g/mol. The Morgan fingerprint density at radius 3 is 2.64 bits per heavy atom. The zero-order valence-corrected chi connectivity index (χ0v) is 21.3. The van der Waals surface area contributed by atoms with Crippen LogP contribution in [0.4, 0.5) is 5.82 Å². The molecule has 8 nitrogen and oxygen atoms in total. The van der Waals surface area contributed by atoms with E-state index in [0.29, 0.717) is 6.54 Å². The van der Waals surface area contributed by atoms with Crippen LogP contribution in [0.1, 0.15) is 12.6 Å². The molecule has 3 aromatic heterocycles. The molecule has 1 aliphatic heterocycles. The van der Waals surface area contributed by atoms with Crippen molar-refractivity contribution in [2.24, 2.45) is 0 Å². The fraction of sp³-hybridized carbons (Fsp3) is 0.259. The maximum absolute atomic E-state index is 10.1. The van der Waals surface area contributed by atoms with Crippen molar-refractivity contribution >= 4 is 44.7 Å². The van der Waals surface area contributed by atoms with E-state index in [0.717, 1.165) is 60.7 Å². The molecule has 0 aliphatic carbocycles. The van der Waals surface area contributed by atoms with Gasteiger partial charge in [0.1, 0.15) is 12.1 Å². The molecule has 186 valence electrons. The summed E-state index contributed by atoms with van der Waals surface area (Å²) in [6.45, 7) is 6.77. The summed E-state index contributed by atoms with van der Waals surface area (Å²) in [4.78, 5) is 23.6. The first-order valence-corrected chi connectivity index (χ1v) is 12.8. The molecule has 0 radical (unpaired) electrons. The van der Waals surface area contributed by atoms with Gasteiger partial charge in [-0.3, -0.25) is 4.79 Å². The molecule has 4 heterocycles. The lowest BCUT2D eigenvalue weighted by molar-refractivity contribution is -0.109. The number of hydrogen-bond donors (Lipinski definition) is 1. The topological polar surface area (TPSA) is 79.2 Å². The molecule has 5 aromatic rings. The predicted octanol–water partition coefficient (Wildman–Crippen LogP) is 4.27. The van der Waals surface area contributed by atoms with Gasteiger partial charge in [0.15, 0.2) is 5.65 Å². The maximum atomic E-state index is 10.1. The van der Waals surface area contributed by atoms with E-state index < -0.39 is 0 Å². The number of anilines is 1. The van der Waals surface area contributed by atoms with E-state index in [-0.39, 0.29) is 1.43 Å². The van der Waals surface area contributed by atoms with Gasteiger partial charge >= 0.3 is 0 Å². The average molecular weight is 502 g/mol. The Morgan fingerprint density at radius 2 is 1.86 bits per heavy atom. The van der Waals surface area contributed by atoms with Crippen LogP contribution in [0.2, 0.25) is 0 Å². The number of aromatic nitrogens is 4. The minimum Gasteiger partial charge on any atom is -0.355 e. The van der Waals surface area contributed by atoms with Gasteiger partial charge in [-0.05, 0) is 60.6 Å². The molecule has 1 fully saturated rings. The Balaban J connectivity index is 0.000000195. The summed E-state index contributed by atoms with van der Waals surface area (Å²) in [6.07, 6.45) is 4.37. The fourth-order valence-corrected chi connectivity index (χ4v) is 4.98. The number of likely N-dealkylation sites (N-methyl/N-ethyl adjacent to an activating group) is 1. The third kappa shape index (κ3) is 5.37. The number of amides is 1. The summed E-state index contributed by atoms with van der Waals surface area (Å²) in [5, 5.41) is 11.6.